The maximum absolute atomic E-state index is 5.94. The van der Waals surface area contributed by atoms with Crippen LogP contribution in [0.1, 0.15) is 0 Å². The molecule has 1 fully saturated rings. The van der Waals surface area contributed by atoms with E-state index in [0.29, 0.717) is 5.28 Å². The average molecular weight is 255 g/mol. The summed E-state index contributed by atoms with van der Waals surface area (Å²) >= 11 is 7.61. The van der Waals surface area contributed by atoms with E-state index in [-0.39, 0.29) is 0 Å². The number of anilines is 1. The fraction of sp³-hybridized carbons (Fsp3) is 0.400. The number of hydrogen-bond donors (Lipinski definition) is 1. The minimum Gasteiger partial charge on any atom is -0.353 e. The Morgan fingerprint density at radius 3 is 2.94 bits per heavy atom. The summed E-state index contributed by atoms with van der Waals surface area (Å²) in [5.41, 5.74) is 0.943. The van der Waals surface area contributed by atoms with E-state index < -0.39 is 0 Å². The van der Waals surface area contributed by atoms with Gasteiger partial charge in [0.2, 0.25) is 5.28 Å². The Morgan fingerprint density at radius 2 is 2.12 bits per heavy atom. The summed E-state index contributed by atoms with van der Waals surface area (Å²) in [6.45, 7) is 3.93. The fourth-order valence-electron chi connectivity index (χ4n) is 1.91. The number of hydrogen-bond acceptors (Lipinski definition) is 5. The molecule has 3 rings (SSSR count). The average Bonchev–Trinajstić information content (AvgIpc) is 2.77. The lowest BCUT2D eigenvalue weighted by Gasteiger charge is -2.28. The highest BCUT2D eigenvalue weighted by molar-refractivity contribution is 7.17. The van der Waals surface area contributed by atoms with E-state index in [9.17, 15) is 0 Å². The Balaban J connectivity index is 2.09. The second-order valence-electron chi connectivity index (χ2n) is 3.69. The Labute approximate surface area is 102 Å². The molecule has 2 aromatic rings. The number of halogens is 1. The molecule has 1 aliphatic heterocycles. The molecule has 0 unspecified atom stereocenters. The molecule has 0 radical (unpaired) electrons. The zero-order valence-corrected chi connectivity index (χ0v) is 10.2. The van der Waals surface area contributed by atoms with Gasteiger partial charge < -0.3 is 10.2 Å². The fourth-order valence-corrected chi connectivity index (χ4v) is 2.93. The van der Waals surface area contributed by atoms with Crippen LogP contribution in [0.15, 0.2) is 11.4 Å². The predicted molar refractivity (Wildman–Crippen MR) is 67.5 cm³/mol. The molecule has 84 valence electrons. The Kier molecular flexibility index (Phi) is 2.67. The molecule has 1 aliphatic rings. The molecule has 1 saturated heterocycles. The highest BCUT2D eigenvalue weighted by atomic mass is 35.5. The first-order valence-electron chi connectivity index (χ1n) is 5.21. The monoisotopic (exact) mass is 254 g/mol. The topological polar surface area (TPSA) is 41.1 Å². The van der Waals surface area contributed by atoms with Crippen LogP contribution in [0.3, 0.4) is 0 Å². The lowest BCUT2D eigenvalue weighted by molar-refractivity contribution is 0.586. The predicted octanol–water partition coefficient (Wildman–Crippen LogP) is 1.75. The Morgan fingerprint density at radius 1 is 1.31 bits per heavy atom. The smallest absolute Gasteiger partial charge is 0.224 e. The number of nitrogens with zero attached hydrogens (tertiary/aromatic N) is 3. The molecule has 0 saturated carbocycles. The lowest BCUT2D eigenvalue weighted by atomic mass is 10.3. The highest BCUT2D eigenvalue weighted by Gasteiger charge is 2.16. The van der Waals surface area contributed by atoms with Crippen molar-refractivity contribution in [2.75, 3.05) is 31.1 Å². The minimum atomic E-state index is 0.333. The van der Waals surface area contributed by atoms with Crippen LogP contribution in [0.4, 0.5) is 5.82 Å². The van der Waals surface area contributed by atoms with Crippen LogP contribution in [0.2, 0.25) is 5.28 Å². The van der Waals surface area contributed by atoms with Gasteiger partial charge in [-0.2, -0.15) is 4.98 Å². The summed E-state index contributed by atoms with van der Waals surface area (Å²) in [6.07, 6.45) is 0. The molecule has 16 heavy (non-hydrogen) atoms. The molecule has 4 nitrogen and oxygen atoms in total. The van der Waals surface area contributed by atoms with Crippen LogP contribution in [-0.4, -0.2) is 36.1 Å². The first kappa shape index (κ1) is 10.3. The van der Waals surface area contributed by atoms with Crippen molar-refractivity contribution >= 4 is 39.0 Å². The third-order valence-corrected chi connectivity index (χ3v) is 3.74. The van der Waals surface area contributed by atoms with Crippen LogP contribution in [0.25, 0.3) is 10.2 Å². The van der Waals surface area contributed by atoms with E-state index in [4.69, 9.17) is 11.6 Å². The molecular formula is C10H11ClN4S. The van der Waals surface area contributed by atoms with Crippen LogP contribution < -0.4 is 10.2 Å². The van der Waals surface area contributed by atoms with Crippen molar-refractivity contribution in [2.45, 2.75) is 0 Å². The second-order valence-corrected chi connectivity index (χ2v) is 4.94. The summed E-state index contributed by atoms with van der Waals surface area (Å²) in [6, 6.07) is 1.99. The van der Waals surface area contributed by atoms with Crippen LogP contribution in [0.5, 0.6) is 0 Å². The van der Waals surface area contributed by atoms with Crippen LogP contribution >= 0.6 is 22.9 Å². The molecule has 0 spiro atoms. The molecular weight excluding hydrogens is 244 g/mol. The van der Waals surface area contributed by atoms with Crippen molar-refractivity contribution < 1.29 is 0 Å². The van der Waals surface area contributed by atoms with Gasteiger partial charge in [-0.05, 0) is 23.0 Å². The van der Waals surface area contributed by atoms with Crippen molar-refractivity contribution in [1.29, 1.82) is 0 Å². The standard InChI is InChI=1S/C10H11ClN4S/c11-10-13-7-1-6-16-8(7)9(14-10)15-4-2-12-3-5-15/h1,6,12H,2-5H2. The molecule has 2 aromatic heterocycles. The summed E-state index contributed by atoms with van der Waals surface area (Å²) < 4.78 is 1.13. The molecule has 6 heteroatoms. The number of fused-ring (bicyclic) bond motifs is 1. The zero-order chi connectivity index (χ0) is 11.0. The quantitative estimate of drug-likeness (QED) is 0.788. The van der Waals surface area contributed by atoms with Gasteiger partial charge in [0.1, 0.15) is 0 Å². The molecule has 0 bridgehead atoms. The van der Waals surface area contributed by atoms with E-state index in [2.05, 4.69) is 20.2 Å². The maximum atomic E-state index is 5.94. The Bertz CT molecular complexity index is 506. The highest BCUT2D eigenvalue weighted by Crippen LogP contribution is 2.29. The largest absolute Gasteiger partial charge is 0.353 e. The van der Waals surface area contributed by atoms with Gasteiger partial charge in [-0.15, -0.1) is 11.3 Å². The van der Waals surface area contributed by atoms with E-state index in [1.165, 1.54) is 0 Å². The molecule has 0 aliphatic carbocycles. The number of rotatable bonds is 1. The normalized spacial score (nSPS) is 16.9. The number of nitrogens with one attached hydrogen (secondary N) is 1. The SMILES string of the molecule is Clc1nc(N2CCNCC2)c2sccc2n1. The van der Waals surface area contributed by atoms with Gasteiger partial charge in [0.05, 0.1) is 10.2 Å². The molecule has 0 amide bonds. The number of piperazine rings is 1. The van der Waals surface area contributed by atoms with Crippen molar-refractivity contribution in [1.82, 2.24) is 15.3 Å². The third-order valence-electron chi connectivity index (χ3n) is 2.67. The minimum absolute atomic E-state index is 0.333. The van der Waals surface area contributed by atoms with Gasteiger partial charge in [0, 0.05) is 26.2 Å². The van der Waals surface area contributed by atoms with Crippen LogP contribution in [0, 0.1) is 0 Å². The zero-order valence-electron chi connectivity index (χ0n) is 8.61. The third kappa shape index (κ3) is 1.75. The van der Waals surface area contributed by atoms with Crippen molar-refractivity contribution in [2.24, 2.45) is 0 Å². The molecule has 3 heterocycles. The summed E-state index contributed by atoms with van der Waals surface area (Å²) in [7, 11) is 0. The van der Waals surface area contributed by atoms with Gasteiger partial charge in [0.15, 0.2) is 5.82 Å². The first-order chi connectivity index (χ1) is 7.84. The Hall–Kier alpha value is -0.910. The van der Waals surface area contributed by atoms with E-state index in [1.54, 1.807) is 11.3 Å². The van der Waals surface area contributed by atoms with Gasteiger partial charge in [-0.25, -0.2) is 4.98 Å². The van der Waals surface area contributed by atoms with Gasteiger partial charge in [-0.1, -0.05) is 0 Å². The number of aromatic nitrogens is 2. The van der Waals surface area contributed by atoms with Gasteiger partial charge >= 0.3 is 0 Å². The first-order valence-corrected chi connectivity index (χ1v) is 6.47. The molecule has 0 aromatic carbocycles. The molecule has 1 N–H and O–H groups in total. The van der Waals surface area contributed by atoms with Crippen molar-refractivity contribution in [3.8, 4) is 0 Å². The number of thiophene rings is 1. The lowest BCUT2D eigenvalue weighted by Crippen LogP contribution is -2.44. The van der Waals surface area contributed by atoms with Gasteiger partial charge in [0.25, 0.3) is 0 Å². The summed E-state index contributed by atoms with van der Waals surface area (Å²) in [4.78, 5) is 10.8. The van der Waals surface area contributed by atoms with Crippen molar-refractivity contribution in [3.05, 3.63) is 16.7 Å². The van der Waals surface area contributed by atoms with E-state index in [0.717, 1.165) is 42.2 Å². The van der Waals surface area contributed by atoms with Crippen molar-refractivity contribution in [3.63, 3.8) is 0 Å². The van der Waals surface area contributed by atoms with E-state index >= 15 is 0 Å². The summed E-state index contributed by atoms with van der Waals surface area (Å²) in [5.74, 6) is 0.978. The second kappa shape index (κ2) is 4.16. The van der Waals surface area contributed by atoms with Crippen LogP contribution in [-0.2, 0) is 0 Å². The van der Waals surface area contributed by atoms with Gasteiger partial charge in [-0.3, -0.25) is 0 Å². The van der Waals surface area contributed by atoms with E-state index in [1.807, 2.05) is 11.4 Å². The summed E-state index contributed by atoms with van der Waals surface area (Å²) in [5, 5.41) is 5.69. The maximum Gasteiger partial charge on any atom is 0.224 e. The molecule has 0 atom stereocenters.